The molecule has 0 saturated carbocycles. The molecule has 1 rings (SSSR count). The minimum absolute atomic E-state index is 0.763. The lowest BCUT2D eigenvalue weighted by molar-refractivity contribution is 0.615. The largest absolute Gasteiger partial charge is 0.450 e. The first-order chi connectivity index (χ1) is 4.86. The van der Waals surface area contributed by atoms with E-state index in [1.54, 1.807) is 24.3 Å². The Morgan fingerprint density at radius 2 is 1.90 bits per heavy atom. The van der Waals surface area contributed by atoms with Gasteiger partial charge in [-0.25, -0.2) is 0 Å². The molecule has 1 nitrogen and oxygen atoms in total. The highest BCUT2D eigenvalue weighted by molar-refractivity contribution is 6.45. The summed E-state index contributed by atoms with van der Waals surface area (Å²) in [5, 5.41) is 8.52. The van der Waals surface area contributed by atoms with Gasteiger partial charge in [-0.3, -0.25) is 0 Å². The van der Waals surface area contributed by atoms with Crippen LogP contribution in [-0.4, -0.2) is 12.5 Å². The summed E-state index contributed by atoms with van der Waals surface area (Å²) >= 11 is 0. The molecule has 0 atom stereocenters. The Morgan fingerprint density at radius 1 is 1.30 bits per heavy atom. The molecule has 0 spiro atoms. The van der Waals surface area contributed by atoms with Gasteiger partial charge in [-0.1, -0.05) is 23.5 Å². The molecule has 1 aromatic rings. The molecule has 0 aliphatic rings. The SMILES string of the molecule is C#Cc1ccc([B]O)cc1. The molecule has 0 aliphatic carbocycles. The van der Waals surface area contributed by atoms with E-state index in [0.29, 0.717) is 0 Å². The van der Waals surface area contributed by atoms with Gasteiger partial charge in [-0.2, -0.15) is 0 Å². The molecule has 0 aliphatic heterocycles. The molecule has 0 aromatic heterocycles. The summed E-state index contributed by atoms with van der Waals surface area (Å²) < 4.78 is 0. The van der Waals surface area contributed by atoms with Gasteiger partial charge in [0.1, 0.15) is 0 Å². The third kappa shape index (κ3) is 1.40. The van der Waals surface area contributed by atoms with Gasteiger partial charge in [0.2, 0.25) is 0 Å². The van der Waals surface area contributed by atoms with E-state index in [1.807, 2.05) is 0 Å². The van der Waals surface area contributed by atoms with Crippen molar-refractivity contribution >= 4 is 12.9 Å². The Balaban J connectivity index is 2.93. The Bertz CT molecular complexity index is 245. The summed E-state index contributed by atoms with van der Waals surface area (Å²) in [6, 6.07) is 7.08. The smallest absolute Gasteiger partial charge is 0.326 e. The summed E-state index contributed by atoms with van der Waals surface area (Å²) in [7, 11) is 1.04. The summed E-state index contributed by atoms with van der Waals surface area (Å²) in [5.41, 5.74) is 1.59. The van der Waals surface area contributed by atoms with Crippen molar-refractivity contribution in [2.45, 2.75) is 0 Å². The molecule has 0 fully saturated rings. The number of rotatable bonds is 1. The van der Waals surface area contributed by atoms with E-state index in [4.69, 9.17) is 11.4 Å². The van der Waals surface area contributed by atoms with Gasteiger partial charge >= 0.3 is 7.48 Å². The van der Waals surface area contributed by atoms with Crippen molar-refractivity contribution in [1.29, 1.82) is 0 Å². The average Bonchev–Trinajstić information content (AvgIpc) is 2.05. The molecular formula is C8H6BO. The molecule has 0 amide bonds. The van der Waals surface area contributed by atoms with Gasteiger partial charge in [-0.15, -0.1) is 6.42 Å². The van der Waals surface area contributed by atoms with Crippen LogP contribution < -0.4 is 5.46 Å². The highest BCUT2D eigenvalue weighted by atomic mass is 16.2. The summed E-state index contributed by atoms with van der Waals surface area (Å²) in [6.07, 6.45) is 5.12. The second-order valence-corrected chi connectivity index (χ2v) is 1.90. The zero-order chi connectivity index (χ0) is 7.40. The molecular weight excluding hydrogens is 123 g/mol. The van der Waals surface area contributed by atoms with Gasteiger partial charge in [-0.05, 0) is 12.1 Å². The van der Waals surface area contributed by atoms with Crippen molar-refractivity contribution in [3.05, 3.63) is 29.8 Å². The lowest BCUT2D eigenvalue weighted by atomic mass is 9.88. The number of hydrogen-bond acceptors (Lipinski definition) is 1. The van der Waals surface area contributed by atoms with Crippen molar-refractivity contribution in [3.63, 3.8) is 0 Å². The predicted octanol–water partition coefficient (Wildman–Crippen LogP) is -0.0953. The van der Waals surface area contributed by atoms with E-state index in [1.165, 1.54) is 0 Å². The normalized spacial score (nSPS) is 8.40. The Hall–Kier alpha value is -1.20. The van der Waals surface area contributed by atoms with Crippen LogP contribution in [0, 0.1) is 12.3 Å². The average molecular weight is 129 g/mol. The molecule has 10 heavy (non-hydrogen) atoms. The van der Waals surface area contributed by atoms with Crippen LogP contribution in [0.25, 0.3) is 0 Å². The number of hydrogen-bond donors (Lipinski definition) is 1. The van der Waals surface area contributed by atoms with E-state index < -0.39 is 0 Å². The summed E-state index contributed by atoms with van der Waals surface area (Å²) in [4.78, 5) is 0. The van der Waals surface area contributed by atoms with Crippen molar-refractivity contribution in [2.75, 3.05) is 0 Å². The number of benzene rings is 1. The third-order valence-electron chi connectivity index (χ3n) is 1.23. The maximum Gasteiger partial charge on any atom is 0.326 e. The summed E-state index contributed by atoms with van der Waals surface area (Å²) in [6.45, 7) is 0. The summed E-state index contributed by atoms with van der Waals surface area (Å²) in [5.74, 6) is 2.48. The van der Waals surface area contributed by atoms with Crippen molar-refractivity contribution < 1.29 is 5.02 Å². The number of terminal acetylenes is 1. The quantitative estimate of drug-likeness (QED) is 0.414. The van der Waals surface area contributed by atoms with Crippen LogP contribution in [0.15, 0.2) is 24.3 Å². The Labute approximate surface area is 61.0 Å². The fourth-order valence-corrected chi connectivity index (χ4v) is 0.665. The lowest BCUT2D eigenvalue weighted by Crippen LogP contribution is -2.11. The highest BCUT2D eigenvalue weighted by Crippen LogP contribution is 1.91. The highest BCUT2D eigenvalue weighted by Gasteiger charge is 1.90. The molecule has 0 bridgehead atoms. The Morgan fingerprint density at radius 3 is 2.30 bits per heavy atom. The lowest BCUT2D eigenvalue weighted by Gasteiger charge is -1.92. The molecule has 1 N–H and O–H groups in total. The van der Waals surface area contributed by atoms with Crippen LogP contribution >= 0.6 is 0 Å². The molecule has 0 unspecified atom stereocenters. The first-order valence-corrected chi connectivity index (χ1v) is 2.91. The minimum atomic E-state index is 0.763. The molecule has 2 heteroatoms. The second kappa shape index (κ2) is 3.10. The predicted molar refractivity (Wildman–Crippen MR) is 42.0 cm³/mol. The van der Waals surface area contributed by atoms with Crippen LogP contribution in [-0.2, 0) is 0 Å². The maximum atomic E-state index is 8.52. The van der Waals surface area contributed by atoms with Gasteiger partial charge in [0.15, 0.2) is 0 Å². The van der Waals surface area contributed by atoms with E-state index >= 15 is 0 Å². The van der Waals surface area contributed by atoms with Crippen molar-refractivity contribution in [3.8, 4) is 12.3 Å². The molecule has 1 aromatic carbocycles. The maximum absolute atomic E-state index is 8.52. The van der Waals surface area contributed by atoms with Crippen molar-refractivity contribution in [2.24, 2.45) is 0 Å². The molecule has 0 saturated heterocycles. The van der Waals surface area contributed by atoms with Crippen molar-refractivity contribution in [1.82, 2.24) is 0 Å². The van der Waals surface area contributed by atoms with E-state index in [9.17, 15) is 0 Å². The van der Waals surface area contributed by atoms with Gasteiger partial charge in [0, 0.05) is 5.56 Å². The van der Waals surface area contributed by atoms with Crippen LogP contribution in [0.3, 0.4) is 0 Å². The molecule has 1 radical (unpaired) electrons. The van der Waals surface area contributed by atoms with Crippen LogP contribution in [0.4, 0.5) is 0 Å². The Kier molecular flexibility index (Phi) is 2.14. The van der Waals surface area contributed by atoms with E-state index in [-0.39, 0.29) is 0 Å². The van der Waals surface area contributed by atoms with E-state index in [0.717, 1.165) is 18.5 Å². The van der Waals surface area contributed by atoms with Crippen LogP contribution in [0.1, 0.15) is 5.56 Å². The van der Waals surface area contributed by atoms with E-state index in [2.05, 4.69) is 5.92 Å². The third-order valence-corrected chi connectivity index (χ3v) is 1.23. The van der Waals surface area contributed by atoms with Gasteiger partial charge in [0.25, 0.3) is 0 Å². The standard InChI is InChI=1S/C8H6BO/c1-2-7-3-5-8(9-10)6-4-7/h1,3-6,10H. The fraction of sp³-hybridized carbons (Fsp3) is 0. The van der Waals surface area contributed by atoms with Crippen LogP contribution in [0.5, 0.6) is 0 Å². The fourth-order valence-electron chi connectivity index (χ4n) is 0.665. The van der Waals surface area contributed by atoms with Crippen LogP contribution in [0.2, 0.25) is 0 Å². The monoisotopic (exact) mass is 129 g/mol. The minimum Gasteiger partial charge on any atom is -0.450 e. The molecule has 47 valence electrons. The first-order valence-electron chi connectivity index (χ1n) is 2.91. The first kappa shape index (κ1) is 6.92. The topological polar surface area (TPSA) is 20.2 Å². The second-order valence-electron chi connectivity index (χ2n) is 1.90. The van der Waals surface area contributed by atoms with Gasteiger partial charge < -0.3 is 5.02 Å². The zero-order valence-corrected chi connectivity index (χ0v) is 5.41. The van der Waals surface area contributed by atoms with Gasteiger partial charge in [0.05, 0.1) is 0 Å². The molecule has 0 heterocycles. The zero-order valence-electron chi connectivity index (χ0n) is 5.41.